The Balaban J connectivity index is 1.67. The van der Waals surface area contributed by atoms with Crippen LogP contribution in [0.25, 0.3) is 16.3 Å². The number of amides is 1. The van der Waals surface area contributed by atoms with Crippen LogP contribution in [0, 0.1) is 27.2 Å². The number of anilines is 1. The molecule has 0 saturated carbocycles. The molecule has 0 spiro atoms. The summed E-state index contributed by atoms with van der Waals surface area (Å²) < 4.78 is 0.873. The van der Waals surface area contributed by atoms with Crippen LogP contribution in [0.1, 0.15) is 16.0 Å². The van der Waals surface area contributed by atoms with Gasteiger partial charge in [-0.3, -0.25) is 25.0 Å². The van der Waals surface area contributed by atoms with Crippen molar-refractivity contribution in [2.75, 3.05) is 5.01 Å². The van der Waals surface area contributed by atoms with E-state index in [0.717, 1.165) is 26.6 Å². The van der Waals surface area contributed by atoms with Crippen LogP contribution in [0.5, 0.6) is 0 Å². The molecule has 10 nitrogen and oxygen atoms in total. The number of nitro benzene ring substituents is 1. The monoisotopic (exact) mass is 493 g/mol. The molecule has 34 heavy (non-hydrogen) atoms. The van der Waals surface area contributed by atoms with Crippen molar-refractivity contribution < 1.29 is 14.6 Å². The van der Waals surface area contributed by atoms with Gasteiger partial charge < -0.3 is 0 Å². The lowest BCUT2D eigenvalue weighted by atomic mass is 10.2. The molecule has 0 saturated heterocycles. The number of hydrogen-bond donors (Lipinski definition) is 0. The largest absolute Gasteiger partial charge is 0.324 e. The molecule has 0 unspecified atom stereocenters. The van der Waals surface area contributed by atoms with Crippen molar-refractivity contribution in [3.63, 3.8) is 0 Å². The summed E-state index contributed by atoms with van der Waals surface area (Å²) in [7, 11) is 0. The normalized spacial score (nSPS) is 11.4. The zero-order valence-electron chi connectivity index (χ0n) is 17.5. The number of benzene rings is 2. The fraction of sp³-hybridized carbons (Fsp3) is 0.0455. The van der Waals surface area contributed by atoms with Crippen LogP contribution in [-0.4, -0.2) is 27.0 Å². The summed E-state index contributed by atoms with van der Waals surface area (Å²) in [5.74, 6) is -0.537. The van der Waals surface area contributed by atoms with Crippen LogP contribution in [-0.2, 0) is 4.79 Å². The number of fused-ring (bicyclic) bond motifs is 1. The average Bonchev–Trinajstić information content (AvgIpc) is 3.45. The van der Waals surface area contributed by atoms with Crippen LogP contribution in [0.2, 0.25) is 0 Å². The van der Waals surface area contributed by atoms with Gasteiger partial charge in [-0.1, -0.05) is 40.9 Å². The van der Waals surface area contributed by atoms with E-state index in [1.165, 1.54) is 60.0 Å². The Hall–Kier alpha value is -4.29. The second-order valence-corrected chi connectivity index (χ2v) is 9.08. The maximum Gasteiger partial charge on any atom is 0.324 e. The van der Waals surface area contributed by atoms with E-state index in [4.69, 9.17) is 0 Å². The van der Waals surface area contributed by atoms with E-state index in [1.54, 1.807) is 6.07 Å². The van der Waals surface area contributed by atoms with Gasteiger partial charge in [0.05, 0.1) is 31.2 Å². The number of non-ortho nitro benzene ring substituents is 1. The summed E-state index contributed by atoms with van der Waals surface area (Å²) in [5.41, 5.74) is 2.12. The third-order valence-electron chi connectivity index (χ3n) is 4.51. The predicted octanol–water partition coefficient (Wildman–Crippen LogP) is 5.56. The number of nitrogens with zero attached hydrogens (tertiary/aromatic N) is 5. The van der Waals surface area contributed by atoms with Gasteiger partial charge >= 0.3 is 5.00 Å². The maximum atomic E-state index is 13.1. The SMILES string of the molecule is Cc1ccc2nc(N(/N=C/c3ccc([N+](=O)[O-])s3)C(=O)/C=C/c3cccc([N+](=O)[O-])c3)sc2c1. The molecule has 0 aliphatic carbocycles. The molecule has 0 aliphatic heterocycles. The van der Waals surface area contributed by atoms with E-state index in [-0.39, 0.29) is 10.7 Å². The summed E-state index contributed by atoms with van der Waals surface area (Å²) in [4.78, 5) is 39.0. The lowest BCUT2D eigenvalue weighted by molar-refractivity contribution is -0.384. The molecule has 12 heteroatoms. The molecule has 0 atom stereocenters. The van der Waals surface area contributed by atoms with E-state index in [0.29, 0.717) is 21.1 Å². The summed E-state index contributed by atoms with van der Waals surface area (Å²) >= 11 is 2.20. The Bertz CT molecular complexity index is 1470. The van der Waals surface area contributed by atoms with Gasteiger partial charge in [0.25, 0.3) is 11.6 Å². The quantitative estimate of drug-likeness (QED) is 0.143. The number of carbonyl (C=O) groups is 1. The second-order valence-electron chi connectivity index (χ2n) is 6.98. The number of thiophene rings is 1. The lowest BCUT2D eigenvalue weighted by Crippen LogP contribution is -2.23. The van der Waals surface area contributed by atoms with E-state index in [2.05, 4.69) is 10.1 Å². The molecule has 4 rings (SSSR count). The third kappa shape index (κ3) is 5.19. The number of thiazole rings is 1. The molecule has 170 valence electrons. The van der Waals surface area contributed by atoms with E-state index < -0.39 is 15.8 Å². The smallest absolute Gasteiger partial charge is 0.267 e. The Morgan fingerprint density at radius 3 is 2.62 bits per heavy atom. The minimum Gasteiger partial charge on any atom is -0.267 e. The Morgan fingerprint density at radius 2 is 1.88 bits per heavy atom. The third-order valence-corrected chi connectivity index (χ3v) is 6.48. The summed E-state index contributed by atoms with van der Waals surface area (Å²) in [6.45, 7) is 1.95. The summed E-state index contributed by atoms with van der Waals surface area (Å²) in [6, 6.07) is 14.5. The minimum atomic E-state index is -0.537. The van der Waals surface area contributed by atoms with Gasteiger partial charge in [-0.25, -0.2) is 4.98 Å². The number of carbonyl (C=O) groups excluding carboxylic acids is 1. The first kappa shape index (κ1) is 22.9. The van der Waals surface area contributed by atoms with Gasteiger partial charge in [0.15, 0.2) is 0 Å². The molecule has 0 fully saturated rings. The molecule has 2 heterocycles. The molecular weight excluding hydrogens is 478 g/mol. The Kier molecular flexibility index (Phi) is 6.52. The van der Waals surface area contributed by atoms with Gasteiger partial charge in [-0.15, -0.1) is 0 Å². The highest BCUT2D eigenvalue weighted by atomic mass is 32.1. The van der Waals surface area contributed by atoms with Gasteiger partial charge in [0, 0.05) is 24.3 Å². The highest BCUT2D eigenvalue weighted by Crippen LogP contribution is 2.30. The van der Waals surface area contributed by atoms with Crippen molar-refractivity contribution in [1.82, 2.24) is 4.98 Å². The van der Waals surface area contributed by atoms with Gasteiger partial charge in [0.1, 0.15) is 0 Å². The zero-order valence-corrected chi connectivity index (χ0v) is 19.2. The number of nitro groups is 2. The standard InChI is InChI=1S/C22H15N5O5S2/c1-14-5-8-18-19(11-14)34-22(24-18)25(23-13-17-7-10-21(33-17)27(31)32)20(28)9-6-15-3-2-4-16(12-15)26(29)30/h2-13H,1H3/b9-6+,23-13+. The molecule has 2 aromatic carbocycles. The lowest BCUT2D eigenvalue weighted by Gasteiger charge is -2.10. The van der Waals surface area contributed by atoms with Crippen LogP contribution in [0.4, 0.5) is 15.8 Å². The predicted molar refractivity (Wildman–Crippen MR) is 133 cm³/mol. The molecule has 0 aliphatic rings. The Morgan fingerprint density at radius 1 is 1.06 bits per heavy atom. The number of aromatic nitrogens is 1. The molecule has 0 radical (unpaired) electrons. The van der Waals surface area contributed by atoms with Gasteiger partial charge in [-0.05, 0) is 42.3 Å². The second kappa shape index (κ2) is 9.68. The van der Waals surface area contributed by atoms with Crippen molar-refractivity contribution in [3.8, 4) is 0 Å². The highest BCUT2D eigenvalue weighted by Gasteiger charge is 2.18. The van der Waals surface area contributed by atoms with Gasteiger partial charge in [0.2, 0.25) is 5.13 Å². The highest BCUT2D eigenvalue weighted by molar-refractivity contribution is 7.22. The summed E-state index contributed by atoms with van der Waals surface area (Å²) in [5, 5.41) is 27.6. The first-order chi connectivity index (χ1) is 16.3. The van der Waals surface area contributed by atoms with Gasteiger partial charge in [-0.2, -0.15) is 10.1 Å². The topological polar surface area (TPSA) is 132 Å². The number of rotatable bonds is 7. The van der Waals surface area contributed by atoms with Crippen LogP contribution in [0.3, 0.4) is 0 Å². The van der Waals surface area contributed by atoms with Crippen LogP contribution >= 0.6 is 22.7 Å². The first-order valence-electron chi connectivity index (χ1n) is 9.72. The van der Waals surface area contributed by atoms with Crippen molar-refractivity contribution in [3.05, 3.63) is 96.9 Å². The molecule has 0 bridgehead atoms. The summed E-state index contributed by atoms with van der Waals surface area (Å²) in [6.07, 6.45) is 4.05. The van der Waals surface area contributed by atoms with Crippen molar-refractivity contribution in [1.29, 1.82) is 0 Å². The van der Waals surface area contributed by atoms with E-state index >= 15 is 0 Å². The maximum absolute atomic E-state index is 13.1. The Labute approximate surface area is 200 Å². The first-order valence-corrected chi connectivity index (χ1v) is 11.4. The number of hydrogen-bond acceptors (Lipinski definition) is 9. The number of hydrazone groups is 1. The molecular formula is C22H15N5O5S2. The van der Waals surface area contributed by atoms with Crippen molar-refractivity contribution in [2.45, 2.75) is 6.92 Å². The molecule has 4 aromatic rings. The van der Waals surface area contributed by atoms with E-state index in [1.807, 2.05) is 25.1 Å². The van der Waals surface area contributed by atoms with Crippen LogP contribution < -0.4 is 5.01 Å². The van der Waals surface area contributed by atoms with E-state index in [9.17, 15) is 25.0 Å². The molecule has 1 amide bonds. The minimum absolute atomic E-state index is 0.0413. The number of aryl methyl sites for hydroxylation is 1. The molecule has 2 aromatic heterocycles. The average molecular weight is 494 g/mol. The van der Waals surface area contributed by atoms with Crippen LogP contribution in [0.15, 0.2) is 65.8 Å². The zero-order chi connectivity index (χ0) is 24.2. The van der Waals surface area contributed by atoms with Crippen molar-refractivity contribution >= 4 is 66.9 Å². The van der Waals surface area contributed by atoms with Crippen molar-refractivity contribution in [2.24, 2.45) is 5.10 Å². The fourth-order valence-electron chi connectivity index (χ4n) is 2.92. The fourth-order valence-corrected chi connectivity index (χ4v) is 4.63. The molecule has 0 N–H and O–H groups in total.